The highest BCUT2D eigenvalue weighted by Crippen LogP contribution is 2.25. The summed E-state index contributed by atoms with van der Waals surface area (Å²) in [5.74, 6) is 1.11. The van der Waals surface area contributed by atoms with Crippen molar-refractivity contribution in [1.82, 2.24) is 15.2 Å². The second-order valence-corrected chi connectivity index (χ2v) is 4.53. The number of ether oxygens (including phenoxy) is 2. The van der Waals surface area contributed by atoms with Crippen molar-refractivity contribution in [1.29, 1.82) is 0 Å². The zero-order valence-corrected chi connectivity index (χ0v) is 12.1. The van der Waals surface area contributed by atoms with Crippen LogP contribution >= 0.6 is 0 Å². The fraction of sp³-hybridized carbons (Fsp3) is 0.133. The van der Waals surface area contributed by atoms with E-state index in [-0.39, 0.29) is 5.91 Å². The van der Waals surface area contributed by atoms with Gasteiger partial charge in [0.2, 0.25) is 5.88 Å². The molecule has 2 heterocycles. The maximum Gasteiger partial charge on any atom is 0.256 e. The zero-order chi connectivity index (χ0) is 15.5. The highest BCUT2D eigenvalue weighted by Gasteiger charge is 2.13. The predicted octanol–water partition coefficient (Wildman–Crippen LogP) is 2.23. The highest BCUT2D eigenvalue weighted by molar-refractivity contribution is 6.06. The van der Waals surface area contributed by atoms with Gasteiger partial charge in [-0.1, -0.05) is 6.07 Å². The fourth-order valence-corrected chi connectivity index (χ4v) is 2.10. The summed E-state index contributed by atoms with van der Waals surface area (Å²) in [5.41, 5.74) is 1.20. The molecule has 0 fully saturated rings. The van der Waals surface area contributed by atoms with Gasteiger partial charge in [-0.05, 0) is 18.2 Å². The number of anilines is 1. The number of H-pyrrole nitrogens is 1. The van der Waals surface area contributed by atoms with E-state index in [1.807, 2.05) is 0 Å². The molecule has 0 bridgehead atoms. The molecular formula is C15H14N4O3. The number of amides is 1. The van der Waals surface area contributed by atoms with Gasteiger partial charge in [0.1, 0.15) is 17.1 Å². The van der Waals surface area contributed by atoms with E-state index >= 15 is 0 Å². The lowest BCUT2D eigenvalue weighted by atomic mass is 10.1. The molecule has 7 heteroatoms. The van der Waals surface area contributed by atoms with Crippen molar-refractivity contribution in [2.24, 2.45) is 0 Å². The topological polar surface area (TPSA) is 89.1 Å². The number of carbonyl (C=O) groups excluding carboxylic acids is 1. The summed E-state index contributed by atoms with van der Waals surface area (Å²) in [5, 5.41) is 10.3. The van der Waals surface area contributed by atoms with Gasteiger partial charge >= 0.3 is 0 Å². The van der Waals surface area contributed by atoms with Crippen LogP contribution in [0.3, 0.4) is 0 Å². The number of nitrogens with one attached hydrogen (secondary N) is 2. The lowest BCUT2D eigenvalue weighted by Crippen LogP contribution is -2.13. The summed E-state index contributed by atoms with van der Waals surface area (Å²) in [6.07, 6.45) is 1.64. The first-order valence-corrected chi connectivity index (χ1v) is 6.55. The number of hydrogen-bond acceptors (Lipinski definition) is 5. The third-order valence-electron chi connectivity index (χ3n) is 3.17. The van der Waals surface area contributed by atoms with E-state index in [1.54, 1.807) is 43.6 Å². The van der Waals surface area contributed by atoms with E-state index in [0.717, 1.165) is 10.9 Å². The van der Waals surface area contributed by atoms with Crippen LogP contribution in [0, 0.1) is 0 Å². The maximum atomic E-state index is 12.4. The molecule has 3 rings (SSSR count). The summed E-state index contributed by atoms with van der Waals surface area (Å²) in [6.45, 7) is 0. The Kier molecular flexibility index (Phi) is 3.61. The van der Waals surface area contributed by atoms with Crippen LogP contribution in [0.4, 0.5) is 5.82 Å². The van der Waals surface area contributed by atoms with Crippen molar-refractivity contribution in [2.45, 2.75) is 0 Å². The van der Waals surface area contributed by atoms with Crippen LogP contribution in [-0.2, 0) is 0 Å². The smallest absolute Gasteiger partial charge is 0.256 e. The van der Waals surface area contributed by atoms with Gasteiger partial charge in [0.25, 0.3) is 5.91 Å². The Hall–Kier alpha value is -3.09. The number of methoxy groups -OCH3 is 2. The number of hydrogen-bond donors (Lipinski definition) is 2. The van der Waals surface area contributed by atoms with Crippen molar-refractivity contribution >= 4 is 22.6 Å². The molecular weight excluding hydrogens is 284 g/mol. The first kappa shape index (κ1) is 13.9. The average molecular weight is 298 g/mol. The molecule has 2 N–H and O–H groups in total. The van der Waals surface area contributed by atoms with Crippen molar-refractivity contribution < 1.29 is 14.3 Å². The van der Waals surface area contributed by atoms with Gasteiger partial charge in [-0.15, -0.1) is 0 Å². The van der Waals surface area contributed by atoms with Gasteiger partial charge in [0, 0.05) is 17.0 Å². The molecule has 112 valence electrons. The summed E-state index contributed by atoms with van der Waals surface area (Å²) in [7, 11) is 3.06. The van der Waals surface area contributed by atoms with Crippen LogP contribution in [0.2, 0.25) is 0 Å². The van der Waals surface area contributed by atoms with E-state index in [0.29, 0.717) is 23.0 Å². The van der Waals surface area contributed by atoms with Gasteiger partial charge in [-0.3, -0.25) is 9.89 Å². The quantitative estimate of drug-likeness (QED) is 0.771. The number of aromatic amines is 1. The van der Waals surface area contributed by atoms with Crippen molar-refractivity contribution in [3.8, 4) is 11.6 Å². The maximum absolute atomic E-state index is 12.4. The molecule has 0 unspecified atom stereocenters. The number of carbonyl (C=O) groups is 1. The molecule has 2 aromatic heterocycles. The van der Waals surface area contributed by atoms with E-state index < -0.39 is 0 Å². The predicted molar refractivity (Wildman–Crippen MR) is 81.4 cm³/mol. The normalized spacial score (nSPS) is 10.5. The van der Waals surface area contributed by atoms with Gasteiger partial charge < -0.3 is 14.8 Å². The number of fused-ring (bicyclic) bond motifs is 1. The molecule has 3 aromatic rings. The van der Waals surface area contributed by atoms with Crippen molar-refractivity contribution in [3.63, 3.8) is 0 Å². The molecule has 1 amide bonds. The monoisotopic (exact) mass is 298 g/mol. The molecule has 0 aliphatic heterocycles. The van der Waals surface area contributed by atoms with E-state index in [9.17, 15) is 4.79 Å². The first-order valence-electron chi connectivity index (χ1n) is 6.55. The van der Waals surface area contributed by atoms with Gasteiger partial charge in [0.15, 0.2) is 0 Å². The third kappa shape index (κ3) is 2.56. The lowest BCUT2D eigenvalue weighted by Gasteiger charge is -2.08. The number of nitrogens with zero attached hydrogens (tertiary/aromatic N) is 2. The molecule has 22 heavy (non-hydrogen) atoms. The summed E-state index contributed by atoms with van der Waals surface area (Å²) >= 11 is 0. The van der Waals surface area contributed by atoms with Crippen LogP contribution in [0.5, 0.6) is 11.6 Å². The molecule has 0 saturated heterocycles. The fourth-order valence-electron chi connectivity index (χ4n) is 2.10. The van der Waals surface area contributed by atoms with Crippen LogP contribution < -0.4 is 14.8 Å². The third-order valence-corrected chi connectivity index (χ3v) is 3.17. The number of rotatable bonds is 4. The molecule has 1 aromatic carbocycles. The minimum absolute atomic E-state index is 0.290. The Bertz CT molecular complexity index is 829. The molecule has 0 radical (unpaired) electrons. The van der Waals surface area contributed by atoms with Crippen molar-refractivity contribution in [3.05, 3.63) is 42.1 Å². The average Bonchev–Trinajstić information content (AvgIpc) is 3.02. The molecule has 0 atom stereocenters. The van der Waals surface area contributed by atoms with E-state index in [1.165, 1.54) is 7.11 Å². The SMILES string of the molecule is COc1cccc(NC(=O)c2cc(OC)c3[nH]ncc3c2)n1. The summed E-state index contributed by atoms with van der Waals surface area (Å²) in [4.78, 5) is 16.5. The Balaban J connectivity index is 1.91. The molecule has 0 saturated carbocycles. The summed E-state index contributed by atoms with van der Waals surface area (Å²) < 4.78 is 10.3. The molecule has 0 spiro atoms. The largest absolute Gasteiger partial charge is 0.494 e. The van der Waals surface area contributed by atoms with Crippen molar-refractivity contribution in [2.75, 3.05) is 19.5 Å². The van der Waals surface area contributed by atoms with Gasteiger partial charge in [-0.2, -0.15) is 10.1 Å². The Morgan fingerprint density at radius 1 is 1.23 bits per heavy atom. The second kappa shape index (κ2) is 5.72. The Morgan fingerprint density at radius 3 is 2.86 bits per heavy atom. The first-order chi connectivity index (χ1) is 10.7. The van der Waals surface area contributed by atoms with Crippen LogP contribution in [0.15, 0.2) is 36.5 Å². The molecule has 0 aliphatic rings. The molecule has 0 aliphatic carbocycles. The van der Waals surface area contributed by atoms with Gasteiger partial charge in [0.05, 0.1) is 20.4 Å². The summed E-state index contributed by atoms with van der Waals surface area (Å²) in [6, 6.07) is 8.53. The minimum Gasteiger partial charge on any atom is -0.494 e. The highest BCUT2D eigenvalue weighted by atomic mass is 16.5. The number of aromatic nitrogens is 3. The van der Waals surface area contributed by atoms with Crippen LogP contribution in [0.1, 0.15) is 10.4 Å². The molecule has 7 nitrogen and oxygen atoms in total. The van der Waals surface area contributed by atoms with Crippen LogP contribution in [-0.4, -0.2) is 35.3 Å². The zero-order valence-electron chi connectivity index (χ0n) is 12.1. The lowest BCUT2D eigenvalue weighted by molar-refractivity contribution is 0.102. The number of pyridine rings is 1. The standard InChI is InChI=1S/C15H14N4O3/c1-21-11-7-9(6-10-8-16-19-14(10)11)15(20)18-12-4-3-5-13(17-12)22-2/h3-8H,1-2H3,(H,16,19)(H,17,18,20). The van der Waals surface area contributed by atoms with Gasteiger partial charge in [-0.25, -0.2) is 0 Å². The second-order valence-electron chi connectivity index (χ2n) is 4.53. The number of benzene rings is 1. The van der Waals surface area contributed by atoms with E-state index in [4.69, 9.17) is 9.47 Å². The Morgan fingerprint density at radius 2 is 2.09 bits per heavy atom. The van der Waals surface area contributed by atoms with E-state index in [2.05, 4.69) is 20.5 Å². The minimum atomic E-state index is -0.290. The van der Waals surface area contributed by atoms with Crippen LogP contribution in [0.25, 0.3) is 10.9 Å². The Labute approximate surface area is 126 Å².